The van der Waals surface area contributed by atoms with Crippen LogP contribution in [-0.4, -0.2) is 30.1 Å². The summed E-state index contributed by atoms with van der Waals surface area (Å²) >= 11 is 2.21. The van der Waals surface area contributed by atoms with Gasteiger partial charge in [-0.1, -0.05) is 54.6 Å². The third kappa shape index (κ3) is 3.89. The Morgan fingerprint density at radius 3 is 2.39 bits per heavy atom. The van der Waals surface area contributed by atoms with Gasteiger partial charge < -0.3 is 9.47 Å². The predicted molar refractivity (Wildman–Crippen MR) is 146 cm³/mol. The maximum absolute atomic E-state index is 13.0. The minimum Gasteiger partial charge on any atom is -0.493 e. The van der Waals surface area contributed by atoms with Crippen molar-refractivity contribution in [3.05, 3.63) is 81.4 Å². The van der Waals surface area contributed by atoms with Crippen molar-refractivity contribution < 1.29 is 19.1 Å². The first-order valence-corrected chi connectivity index (χ1v) is 13.2. The first-order chi connectivity index (χ1) is 17.5. The van der Waals surface area contributed by atoms with E-state index in [2.05, 4.69) is 64.1 Å². The van der Waals surface area contributed by atoms with Gasteiger partial charge in [-0.2, -0.15) is 10.1 Å². The van der Waals surface area contributed by atoms with Crippen LogP contribution in [-0.2, 0) is 16.2 Å². The fourth-order valence-electron chi connectivity index (χ4n) is 5.82. The Bertz CT molecular complexity index is 1390. The van der Waals surface area contributed by atoms with Crippen molar-refractivity contribution in [3.8, 4) is 11.5 Å². The number of amides is 2. The molecule has 1 saturated heterocycles. The molecule has 4 aliphatic rings. The summed E-state index contributed by atoms with van der Waals surface area (Å²) < 4.78 is 12.7. The fourth-order valence-corrected chi connectivity index (χ4v) is 6.60. The van der Waals surface area contributed by atoms with E-state index in [1.54, 1.807) is 13.3 Å². The number of allylic oxidation sites excluding steroid dienone is 2. The molecule has 0 unspecified atom stereocenters. The van der Waals surface area contributed by atoms with Crippen LogP contribution in [0.5, 0.6) is 11.5 Å². The largest absolute Gasteiger partial charge is 0.493 e. The van der Waals surface area contributed by atoms with Gasteiger partial charge in [0, 0.05) is 0 Å². The summed E-state index contributed by atoms with van der Waals surface area (Å²) in [5.74, 6) is 0.611. The summed E-state index contributed by atoms with van der Waals surface area (Å²) in [6.45, 7) is 0.400. The molecule has 1 aliphatic heterocycles. The SMILES string of the molecule is COc1cc(/C=N\N2C(=O)[C@@H]3[C@@H](C2=O)[C@H]2C=C[C@H]3CC2)cc(I)c1OCc1cccc2ccccc12. The van der Waals surface area contributed by atoms with Gasteiger partial charge in [-0.3, -0.25) is 9.59 Å². The Morgan fingerprint density at radius 2 is 1.69 bits per heavy atom. The Labute approximate surface area is 223 Å². The Morgan fingerprint density at radius 1 is 1.00 bits per heavy atom. The summed E-state index contributed by atoms with van der Waals surface area (Å²) in [5.41, 5.74) is 1.82. The summed E-state index contributed by atoms with van der Waals surface area (Å²) in [4.78, 5) is 26.1. The first kappa shape index (κ1) is 23.2. The lowest BCUT2D eigenvalue weighted by atomic mass is 9.63. The quantitative estimate of drug-likeness (QED) is 0.163. The molecule has 0 radical (unpaired) electrons. The molecular formula is C29H25IN2O4. The minimum atomic E-state index is -0.266. The van der Waals surface area contributed by atoms with Gasteiger partial charge in [0.15, 0.2) is 11.5 Å². The molecule has 1 saturated carbocycles. The first-order valence-electron chi connectivity index (χ1n) is 12.1. The van der Waals surface area contributed by atoms with E-state index in [9.17, 15) is 9.59 Å². The molecule has 3 aliphatic carbocycles. The number of carbonyl (C=O) groups excluding carboxylic acids is 2. The van der Waals surface area contributed by atoms with Crippen molar-refractivity contribution in [1.82, 2.24) is 5.01 Å². The van der Waals surface area contributed by atoms with Crippen molar-refractivity contribution in [2.75, 3.05) is 7.11 Å². The summed E-state index contributed by atoms with van der Waals surface area (Å²) in [6, 6.07) is 18.1. The smallest absolute Gasteiger partial charge is 0.254 e. The lowest BCUT2D eigenvalue weighted by molar-refractivity contribution is -0.140. The van der Waals surface area contributed by atoms with Crippen molar-refractivity contribution in [3.63, 3.8) is 0 Å². The number of ether oxygens (including phenoxy) is 2. The van der Waals surface area contributed by atoms with Crippen LogP contribution in [0.15, 0.2) is 71.9 Å². The van der Waals surface area contributed by atoms with E-state index in [0.29, 0.717) is 18.1 Å². The Kier molecular flexibility index (Phi) is 6.03. The van der Waals surface area contributed by atoms with Gasteiger partial charge in [0.1, 0.15) is 6.61 Å². The molecule has 0 spiro atoms. The lowest BCUT2D eigenvalue weighted by Crippen LogP contribution is -2.38. The van der Waals surface area contributed by atoms with Crippen LogP contribution in [0.1, 0.15) is 24.0 Å². The van der Waals surface area contributed by atoms with Crippen LogP contribution >= 0.6 is 22.6 Å². The Balaban J connectivity index is 1.22. The number of imide groups is 1. The molecule has 6 nitrogen and oxygen atoms in total. The standard InChI is InChI=1S/C29H25IN2O4/c1-35-24-14-17(15-31-32-28(33)25-19-9-10-20(12-11-19)26(25)29(32)34)13-23(30)27(24)36-16-21-7-4-6-18-5-2-3-8-22(18)21/h2-10,13-15,19-20,25-26H,11-12,16H2,1H3/b31-15-/t19-,20-,25-,26-/m0/s1. The van der Waals surface area contributed by atoms with Crippen molar-refractivity contribution in [1.29, 1.82) is 0 Å². The van der Waals surface area contributed by atoms with Crippen LogP contribution in [0.3, 0.4) is 0 Å². The molecule has 2 fully saturated rings. The number of halogens is 1. The molecule has 182 valence electrons. The van der Waals surface area contributed by atoms with E-state index < -0.39 is 0 Å². The maximum Gasteiger partial charge on any atom is 0.254 e. The van der Waals surface area contributed by atoms with Gasteiger partial charge in [0.25, 0.3) is 11.8 Å². The molecule has 3 aromatic rings. The molecule has 36 heavy (non-hydrogen) atoms. The normalized spacial score (nSPS) is 24.7. The van der Waals surface area contributed by atoms with Crippen molar-refractivity contribution >= 4 is 51.4 Å². The molecule has 7 rings (SSSR count). The number of hydrazone groups is 1. The monoisotopic (exact) mass is 592 g/mol. The maximum atomic E-state index is 13.0. The molecule has 3 aromatic carbocycles. The average molecular weight is 592 g/mol. The molecule has 0 N–H and O–H groups in total. The second-order valence-electron chi connectivity index (χ2n) is 9.54. The highest BCUT2D eigenvalue weighted by Crippen LogP contribution is 2.49. The number of methoxy groups -OCH3 is 1. The highest BCUT2D eigenvalue weighted by molar-refractivity contribution is 14.1. The number of nitrogens with zero attached hydrogens (tertiary/aromatic N) is 2. The third-order valence-corrected chi connectivity index (χ3v) is 8.36. The lowest BCUT2D eigenvalue weighted by Gasteiger charge is -2.37. The van der Waals surface area contributed by atoms with Gasteiger partial charge in [-0.15, -0.1) is 0 Å². The number of hydrogen-bond donors (Lipinski definition) is 0. The molecular weight excluding hydrogens is 567 g/mol. The molecule has 7 heteroatoms. The van der Waals surface area contributed by atoms with Crippen LogP contribution in [0.25, 0.3) is 10.8 Å². The van der Waals surface area contributed by atoms with Gasteiger partial charge in [-0.25, -0.2) is 0 Å². The van der Waals surface area contributed by atoms with Gasteiger partial charge in [0.05, 0.1) is 28.7 Å². The van der Waals surface area contributed by atoms with E-state index in [4.69, 9.17) is 9.47 Å². The molecule has 0 aromatic heterocycles. The van der Waals surface area contributed by atoms with E-state index in [-0.39, 0.29) is 35.5 Å². The molecule has 2 bridgehead atoms. The van der Waals surface area contributed by atoms with Crippen LogP contribution in [0.2, 0.25) is 0 Å². The van der Waals surface area contributed by atoms with Crippen molar-refractivity contribution in [2.45, 2.75) is 19.4 Å². The highest BCUT2D eigenvalue weighted by atomic mass is 127. The molecule has 2 amide bonds. The molecule has 4 atom stereocenters. The van der Waals surface area contributed by atoms with Crippen LogP contribution < -0.4 is 9.47 Å². The number of fused-ring (bicyclic) bond motifs is 2. The second kappa shape index (κ2) is 9.35. The number of benzene rings is 3. The second-order valence-corrected chi connectivity index (χ2v) is 10.7. The van der Waals surface area contributed by atoms with Gasteiger partial charge in [-0.05, 0) is 81.3 Å². The number of carbonyl (C=O) groups is 2. The highest BCUT2D eigenvalue weighted by Gasteiger charge is 2.56. The van der Waals surface area contributed by atoms with Crippen molar-refractivity contribution in [2.24, 2.45) is 28.8 Å². The fraction of sp³-hybridized carbons (Fsp3) is 0.276. The number of rotatable bonds is 6. The zero-order chi connectivity index (χ0) is 24.8. The summed E-state index contributed by atoms with van der Waals surface area (Å²) in [7, 11) is 1.60. The summed E-state index contributed by atoms with van der Waals surface area (Å²) in [6.07, 6.45) is 7.71. The van der Waals surface area contributed by atoms with E-state index in [1.165, 1.54) is 5.39 Å². The zero-order valence-electron chi connectivity index (χ0n) is 19.8. The average Bonchev–Trinajstić information content (AvgIpc) is 3.18. The van der Waals surface area contributed by atoms with Gasteiger partial charge in [0.2, 0.25) is 0 Å². The number of hydrogen-bond acceptors (Lipinski definition) is 5. The van der Waals surface area contributed by atoms with E-state index in [1.807, 2.05) is 30.3 Å². The van der Waals surface area contributed by atoms with Crippen LogP contribution in [0, 0.1) is 27.2 Å². The molecule has 1 heterocycles. The topological polar surface area (TPSA) is 68.2 Å². The third-order valence-electron chi connectivity index (χ3n) is 7.56. The van der Waals surface area contributed by atoms with E-state index in [0.717, 1.165) is 37.9 Å². The minimum absolute atomic E-state index is 0.149. The summed E-state index contributed by atoms with van der Waals surface area (Å²) in [5, 5.41) is 7.74. The van der Waals surface area contributed by atoms with E-state index >= 15 is 0 Å². The zero-order valence-corrected chi connectivity index (χ0v) is 21.9. The van der Waals surface area contributed by atoms with Gasteiger partial charge >= 0.3 is 0 Å². The predicted octanol–water partition coefficient (Wildman–Crippen LogP) is 5.56. The Hall–Kier alpha value is -3.20. The van der Waals surface area contributed by atoms with Crippen LogP contribution in [0.4, 0.5) is 0 Å².